The van der Waals surface area contributed by atoms with Crippen LogP contribution < -0.4 is 0 Å². The number of rotatable bonds is 1. The highest BCUT2D eigenvalue weighted by Crippen LogP contribution is 2.40. The summed E-state index contributed by atoms with van der Waals surface area (Å²) in [7, 11) is 0. The molecule has 0 aliphatic carbocycles. The Hall–Kier alpha value is -0.900. The average Bonchev–Trinajstić information content (AvgIpc) is 2.73. The monoisotopic (exact) mass is 193 g/mol. The highest BCUT2D eigenvalue weighted by atomic mass is 16.5. The third-order valence-corrected chi connectivity index (χ3v) is 3.56. The molecule has 14 heavy (non-hydrogen) atoms. The first-order chi connectivity index (χ1) is 6.78. The molecule has 2 saturated heterocycles. The fourth-order valence-corrected chi connectivity index (χ4v) is 2.80. The van der Waals surface area contributed by atoms with Crippen LogP contribution in [0.1, 0.15) is 31.0 Å². The maximum Gasteiger partial charge on any atom is 0.223 e. The molecule has 3 rings (SSSR count). The van der Waals surface area contributed by atoms with Crippen molar-refractivity contribution in [2.24, 2.45) is 0 Å². The van der Waals surface area contributed by atoms with Crippen molar-refractivity contribution in [1.29, 1.82) is 0 Å². The van der Waals surface area contributed by atoms with Gasteiger partial charge in [0.25, 0.3) is 0 Å². The normalized spacial score (nSPS) is 36.2. The molecular weight excluding hydrogens is 178 g/mol. The Morgan fingerprint density at radius 2 is 2.29 bits per heavy atom. The minimum Gasteiger partial charge on any atom is -0.340 e. The van der Waals surface area contributed by atoms with Crippen LogP contribution in [-0.4, -0.2) is 34.7 Å². The van der Waals surface area contributed by atoms with Gasteiger partial charge in [-0.2, -0.15) is 4.98 Å². The van der Waals surface area contributed by atoms with Gasteiger partial charge in [-0.15, -0.1) is 0 Å². The molecular formula is C10H15N3O. The summed E-state index contributed by atoms with van der Waals surface area (Å²) in [6.07, 6.45) is 3.70. The lowest BCUT2D eigenvalue weighted by Gasteiger charge is -2.30. The van der Waals surface area contributed by atoms with E-state index >= 15 is 0 Å². The minimum absolute atomic E-state index is 0.218. The summed E-state index contributed by atoms with van der Waals surface area (Å²) >= 11 is 0. The Morgan fingerprint density at radius 3 is 3.07 bits per heavy atom. The van der Waals surface area contributed by atoms with Gasteiger partial charge in [0.2, 0.25) is 5.89 Å². The molecule has 3 heterocycles. The molecule has 0 aromatic carbocycles. The molecule has 4 nitrogen and oxygen atoms in total. The highest BCUT2D eigenvalue weighted by molar-refractivity contribution is 5.13. The van der Waals surface area contributed by atoms with E-state index in [1.807, 2.05) is 6.92 Å². The lowest BCUT2D eigenvalue weighted by molar-refractivity contribution is 0.231. The van der Waals surface area contributed by atoms with E-state index in [4.69, 9.17) is 4.52 Å². The van der Waals surface area contributed by atoms with Gasteiger partial charge in [0.15, 0.2) is 5.82 Å². The Balaban J connectivity index is 1.96. The molecule has 2 bridgehead atoms. The van der Waals surface area contributed by atoms with E-state index in [2.05, 4.69) is 15.0 Å². The van der Waals surface area contributed by atoms with Crippen molar-refractivity contribution in [3.8, 4) is 0 Å². The summed E-state index contributed by atoms with van der Waals surface area (Å²) in [5.41, 5.74) is 0.218. The van der Waals surface area contributed by atoms with E-state index < -0.39 is 0 Å². The third-order valence-electron chi connectivity index (χ3n) is 3.56. The molecule has 0 N–H and O–H groups in total. The predicted molar refractivity (Wildman–Crippen MR) is 51.0 cm³/mol. The molecule has 0 radical (unpaired) electrons. The van der Waals surface area contributed by atoms with Crippen molar-refractivity contribution in [3.05, 3.63) is 11.7 Å². The van der Waals surface area contributed by atoms with Gasteiger partial charge in [-0.1, -0.05) is 5.16 Å². The molecule has 76 valence electrons. The number of aromatic nitrogens is 2. The van der Waals surface area contributed by atoms with Crippen molar-refractivity contribution >= 4 is 0 Å². The van der Waals surface area contributed by atoms with E-state index in [1.165, 1.54) is 32.4 Å². The van der Waals surface area contributed by atoms with Crippen LogP contribution in [0.4, 0.5) is 0 Å². The number of nitrogens with zero attached hydrogens (tertiary/aromatic N) is 3. The van der Waals surface area contributed by atoms with E-state index in [-0.39, 0.29) is 5.41 Å². The van der Waals surface area contributed by atoms with Crippen LogP contribution in [-0.2, 0) is 5.41 Å². The van der Waals surface area contributed by atoms with Crippen molar-refractivity contribution < 1.29 is 4.52 Å². The quantitative estimate of drug-likeness (QED) is 0.670. The predicted octanol–water partition coefficient (Wildman–Crippen LogP) is 1.12. The molecule has 0 saturated carbocycles. The van der Waals surface area contributed by atoms with Crippen LogP contribution in [0.25, 0.3) is 0 Å². The van der Waals surface area contributed by atoms with Gasteiger partial charge >= 0.3 is 0 Å². The first kappa shape index (κ1) is 8.41. The van der Waals surface area contributed by atoms with Gasteiger partial charge in [-0.05, 0) is 32.4 Å². The van der Waals surface area contributed by atoms with Gasteiger partial charge in [-0.25, -0.2) is 0 Å². The van der Waals surface area contributed by atoms with Crippen molar-refractivity contribution in [2.75, 3.05) is 19.6 Å². The van der Waals surface area contributed by atoms with Gasteiger partial charge in [0.05, 0.1) is 0 Å². The standard InChI is InChI=1S/C10H15N3O/c1-8-11-9(12-14-8)10-3-2-5-13(7-10)6-4-10/h2-7H2,1H3. The molecule has 2 aliphatic rings. The lowest BCUT2D eigenvalue weighted by atomic mass is 9.80. The molecule has 2 fully saturated rings. The Kier molecular flexibility index (Phi) is 1.68. The zero-order valence-corrected chi connectivity index (χ0v) is 8.49. The molecule has 2 aliphatic heterocycles. The number of hydrogen-bond donors (Lipinski definition) is 0. The molecule has 2 atom stereocenters. The number of fused-ring (bicyclic) bond motifs is 2. The molecule has 1 aromatic heterocycles. The fraction of sp³-hybridized carbons (Fsp3) is 0.800. The zero-order chi connectivity index (χ0) is 9.60. The van der Waals surface area contributed by atoms with E-state index in [9.17, 15) is 0 Å². The van der Waals surface area contributed by atoms with Crippen LogP contribution in [0.2, 0.25) is 0 Å². The summed E-state index contributed by atoms with van der Waals surface area (Å²) in [5, 5.41) is 4.10. The van der Waals surface area contributed by atoms with Crippen LogP contribution in [0.3, 0.4) is 0 Å². The maximum absolute atomic E-state index is 5.08. The fourth-order valence-electron chi connectivity index (χ4n) is 2.80. The summed E-state index contributed by atoms with van der Waals surface area (Å²) in [6, 6.07) is 0. The molecule has 0 spiro atoms. The largest absolute Gasteiger partial charge is 0.340 e. The molecule has 2 unspecified atom stereocenters. The molecule has 4 heteroatoms. The van der Waals surface area contributed by atoms with Crippen LogP contribution in [0.15, 0.2) is 4.52 Å². The minimum atomic E-state index is 0.218. The second kappa shape index (κ2) is 2.79. The van der Waals surface area contributed by atoms with Gasteiger partial charge in [0.1, 0.15) is 0 Å². The van der Waals surface area contributed by atoms with Gasteiger partial charge in [0, 0.05) is 18.9 Å². The highest BCUT2D eigenvalue weighted by Gasteiger charge is 2.45. The van der Waals surface area contributed by atoms with E-state index in [0.29, 0.717) is 5.89 Å². The Morgan fingerprint density at radius 1 is 1.36 bits per heavy atom. The molecule has 1 aromatic rings. The number of hydrogen-bond acceptors (Lipinski definition) is 4. The van der Waals surface area contributed by atoms with E-state index in [0.717, 1.165) is 12.4 Å². The van der Waals surface area contributed by atoms with Crippen molar-refractivity contribution in [2.45, 2.75) is 31.6 Å². The first-order valence-electron chi connectivity index (χ1n) is 5.32. The van der Waals surface area contributed by atoms with Gasteiger partial charge < -0.3 is 9.42 Å². The second-order valence-electron chi connectivity index (χ2n) is 4.55. The average molecular weight is 193 g/mol. The summed E-state index contributed by atoms with van der Waals surface area (Å²) in [4.78, 5) is 6.91. The number of aryl methyl sites for hydroxylation is 1. The van der Waals surface area contributed by atoms with Crippen molar-refractivity contribution in [1.82, 2.24) is 15.0 Å². The van der Waals surface area contributed by atoms with Gasteiger partial charge in [-0.3, -0.25) is 0 Å². The Labute approximate surface area is 83.3 Å². The SMILES string of the molecule is Cc1nc(C23CCCN(CC2)C3)no1. The summed E-state index contributed by atoms with van der Waals surface area (Å²) < 4.78 is 5.08. The number of piperidine rings is 1. The summed E-state index contributed by atoms with van der Waals surface area (Å²) in [6.45, 7) is 5.45. The van der Waals surface area contributed by atoms with Crippen LogP contribution in [0.5, 0.6) is 0 Å². The van der Waals surface area contributed by atoms with Crippen molar-refractivity contribution in [3.63, 3.8) is 0 Å². The third kappa shape index (κ3) is 1.10. The van der Waals surface area contributed by atoms with E-state index in [1.54, 1.807) is 0 Å². The zero-order valence-electron chi connectivity index (χ0n) is 8.49. The Bertz CT molecular complexity index is 345. The second-order valence-corrected chi connectivity index (χ2v) is 4.55. The maximum atomic E-state index is 5.08. The van der Waals surface area contributed by atoms with Crippen LogP contribution >= 0.6 is 0 Å². The molecule has 0 amide bonds. The first-order valence-corrected chi connectivity index (χ1v) is 5.32. The van der Waals surface area contributed by atoms with Crippen LogP contribution in [0, 0.1) is 6.92 Å². The topological polar surface area (TPSA) is 42.2 Å². The summed E-state index contributed by atoms with van der Waals surface area (Å²) in [5.74, 6) is 1.63. The lowest BCUT2D eigenvalue weighted by Crippen LogP contribution is -2.37. The smallest absolute Gasteiger partial charge is 0.223 e.